The van der Waals surface area contributed by atoms with Gasteiger partial charge in [-0.3, -0.25) is 9.59 Å². The molecule has 0 radical (unpaired) electrons. The number of hydrogen-bond donors (Lipinski definition) is 4. The van der Waals surface area contributed by atoms with Gasteiger partial charge >= 0.3 is 5.97 Å². The lowest BCUT2D eigenvalue weighted by atomic mass is 9.59. The first-order valence-electron chi connectivity index (χ1n) is 18.2. The average molecular weight is 631 g/mol. The number of unbranched alkanes of at least 4 members (excludes halogenated alkanes) is 14. The number of carbonyl (C=O) groups is 2. The normalized spacial score (nSPS) is 36.4. The van der Waals surface area contributed by atoms with Crippen molar-refractivity contribution in [3.8, 4) is 0 Å². The number of carbonyl (C=O) groups excluding carboxylic acids is 2. The van der Waals surface area contributed by atoms with Crippen LogP contribution in [0, 0.1) is 29.1 Å². The molecular formula is C38H62O7. The van der Waals surface area contributed by atoms with E-state index in [-0.39, 0.29) is 25.4 Å². The molecule has 4 aliphatic carbocycles. The summed E-state index contributed by atoms with van der Waals surface area (Å²) in [5, 5.41) is 46.1. The zero-order chi connectivity index (χ0) is 33.0. The van der Waals surface area contributed by atoms with Gasteiger partial charge in [-0.05, 0) is 24.5 Å². The maximum Gasteiger partial charge on any atom is 0.306 e. The SMILES string of the molecule is CCCCCCCCCCCCCCCCCC(=O)O[C@@]12[C@H](O)[C@@H](C)[C@@]3(O)[C@@H](C=C(CO)C[C@]4(O)C(=O)C(C)=C[C@@H]34)[C@H]1C2(C)C. The van der Waals surface area contributed by atoms with Crippen LogP contribution in [0.2, 0.25) is 0 Å². The summed E-state index contributed by atoms with van der Waals surface area (Å²) >= 11 is 0. The molecule has 0 aromatic carbocycles. The van der Waals surface area contributed by atoms with Crippen LogP contribution < -0.4 is 0 Å². The molecule has 0 aliphatic heterocycles. The molecule has 0 spiro atoms. The zero-order valence-electron chi connectivity index (χ0n) is 28.8. The minimum absolute atomic E-state index is 0.0818. The maximum absolute atomic E-state index is 13.2. The largest absolute Gasteiger partial charge is 0.455 e. The van der Waals surface area contributed by atoms with Crippen LogP contribution >= 0.6 is 0 Å². The molecule has 7 heteroatoms. The third-order valence-corrected chi connectivity index (χ3v) is 12.3. The van der Waals surface area contributed by atoms with Gasteiger partial charge in [0.25, 0.3) is 0 Å². The Morgan fingerprint density at radius 2 is 1.40 bits per heavy atom. The number of esters is 1. The molecule has 4 N–H and O–H groups in total. The summed E-state index contributed by atoms with van der Waals surface area (Å²) in [4.78, 5) is 26.3. The van der Waals surface area contributed by atoms with Crippen molar-refractivity contribution in [2.24, 2.45) is 29.1 Å². The van der Waals surface area contributed by atoms with Gasteiger partial charge in [0.2, 0.25) is 0 Å². The Hall–Kier alpha value is -1.54. The molecule has 0 amide bonds. The topological polar surface area (TPSA) is 124 Å². The third-order valence-electron chi connectivity index (χ3n) is 12.3. The number of ether oxygens (including phenoxy) is 1. The Bertz CT molecular complexity index is 1110. The lowest BCUT2D eigenvalue weighted by molar-refractivity contribution is -0.219. The van der Waals surface area contributed by atoms with Gasteiger partial charge in [0.15, 0.2) is 5.78 Å². The van der Waals surface area contributed by atoms with E-state index in [1.54, 1.807) is 26.0 Å². The highest BCUT2D eigenvalue weighted by Gasteiger charge is 2.86. The van der Waals surface area contributed by atoms with Crippen molar-refractivity contribution in [3.05, 3.63) is 23.3 Å². The molecule has 2 saturated carbocycles. The van der Waals surface area contributed by atoms with E-state index in [0.29, 0.717) is 11.1 Å². The fourth-order valence-corrected chi connectivity index (χ4v) is 9.55. The standard InChI is InChI=1S/C38H62O7/c1-6-7-8-9-10-11-12-13-14-15-16-17-18-19-20-21-31(40)45-38-32(35(38,4)5)29-23-28(25-39)24-36(43)30(22-26(2)33(36)41)37(29,44)27(3)34(38)42/h22-23,27,29-30,32,34,39,42-44H,6-21,24-25H2,1-5H3/t27-,29+,30-,32+,34-,36-,37-,38-/m1/s1. The van der Waals surface area contributed by atoms with Crippen molar-refractivity contribution in [1.82, 2.24) is 0 Å². The van der Waals surface area contributed by atoms with Gasteiger partial charge in [-0.1, -0.05) is 130 Å². The summed E-state index contributed by atoms with van der Waals surface area (Å²) in [6.07, 6.45) is 21.2. The summed E-state index contributed by atoms with van der Waals surface area (Å²) < 4.78 is 6.22. The third kappa shape index (κ3) is 6.62. The van der Waals surface area contributed by atoms with E-state index in [1.807, 2.05) is 13.8 Å². The highest BCUT2D eigenvalue weighted by Crippen LogP contribution is 2.76. The highest BCUT2D eigenvalue weighted by molar-refractivity contribution is 6.04. The molecule has 0 saturated heterocycles. The van der Waals surface area contributed by atoms with Crippen molar-refractivity contribution < 1.29 is 34.8 Å². The highest BCUT2D eigenvalue weighted by atomic mass is 16.6. The van der Waals surface area contributed by atoms with Gasteiger partial charge in [-0.15, -0.1) is 0 Å². The molecule has 45 heavy (non-hydrogen) atoms. The summed E-state index contributed by atoms with van der Waals surface area (Å²) in [6, 6.07) is 0. The molecule has 0 aromatic heterocycles. The Labute approximate surface area is 271 Å². The van der Waals surface area contributed by atoms with Crippen molar-refractivity contribution in [2.75, 3.05) is 6.61 Å². The van der Waals surface area contributed by atoms with Gasteiger partial charge in [0.1, 0.15) is 11.2 Å². The van der Waals surface area contributed by atoms with Gasteiger partial charge in [0, 0.05) is 41.9 Å². The van der Waals surface area contributed by atoms with Gasteiger partial charge in [-0.25, -0.2) is 0 Å². The van der Waals surface area contributed by atoms with Gasteiger partial charge in [0.05, 0.1) is 18.3 Å². The Kier molecular flexibility index (Phi) is 11.9. The fraction of sp³-hybridized carbons (Fsp3) is 0.842. The molecule has 8 atom stereocenters. The van der Waals surface area contributed by atoms with Crippen LogP contribution in [-0.2, 0) is 14.3 Å². The number of hydrogen-bond acceptors (Lipinski definition) is 7. The molecule has 0 heterocycles. The summed E-state index contributed by atoms with van der Waals surface area (Å²) in [5.41, 5.74) is -4.54. The first-order valence-corrected chi connectivity index (χ1v) is 18.2. The predicted octanol–water partition coefficient (Wildman–Crippen LogP) is 6.74. The van der Waals surface area contributed by atoms with Crippen LogP contribution in [0.3, 0.4) is 0 Å². The smallest absolute Gasteiger partial charge is 0.306 e. The molecule has 256 valence electrons. The van der Waals surface area contributed by atoms with E-state index in [4.69, 9.17) is 4.74 Å². The molecule has 0 unspecified atom stereocenters. The Morgan fingerprint density at radius 1 is 0.889 bits per heavy atom. The lowest BCUT2D eigenvalue weighted by Gasteiger charge is -2.52. The second-order valence-corrected chi connectivity index (χ2v) is 15.6. The van der Waals surface area contributed by atoms with Crippen LogP contribution in [0.15, 0.2) is 23.3 Å². The number of ketones is 1. The Morgan fingerprint density at radius 3 is 1.91 bits per heavy atom. The van der Waals surface area contributed by atoms with Crippen molar-refractivity contribution in [1.29, 1.82) is 0 Å². The number of aliphatic hydroxyl groups is 4. The maximum atomic E-state index is 13.2. The van der Waals surface area contributed by atoms with E-state index >= 15 is 0 Å². The zero-order valence-corrected chi connectivity index (χ0v) is 28.8. The fourth-order valence-electron chi connectivity index (χ4n) is 9.55. The van der Waals surface area contributed by atoms with Crippen molar-refractivity contribution in [3.63, 3.8) is 0 Å². The predicted molar refractivity (Wildman–Crippen MR) is 176 cm³/mol. The van der Waals surface area contributed by atoms with E-state index in [9.17, 15) is 30.0 Å². The van der Waals surface area contributed by atoms with Crippen LogP contribution in [0.1, 0.15) is 144 Å². The van der Waals surface area contributed by atoms with Crippen molar-refractivity contribution >= 4 is 11.8 Å². The van der Waals surface area contributed by atoms with Crippen LogP contribution in [0.4, 0.5) is 0 Å². The van der Waals surface area contributed by atoms with Crippen LogP contribution in [0.5, 0.6) is 0 Å². The first kappa shape index (κ1) is 36.3. The summed E-state index contributed by atoms with van der Waals surface area (Å²) in [7, 11) is 0. The van der Waals surface area contributed by atoms with E-state index in [2.05, 4.69) is 6.92 Å². The number of rotatable bonds is 18. The van der Waals surface area contributed by atoms with E-state index in [1.165, 1.54) is 77.0 Å². The quantitative estimate of drug-likeness (QED) is 0.0751. The molecular weight excluding hydrogens is 568 g/mol. The molecule has 4 aliphatic rings. The van der Waals surface area contributed by atoms with Crippen molar-refractivity contribution in [2.45, 2.75) is 167 Å². The second kappa shape index (κ2) is 14.7. The summed E-state index contributed by atoms with van der Waals surface area (Å²) in [5.74, 6) is -3.59. The second-order valence-electron chi connectivity index (χ2n) is 15.6. The minimum atomic E-state index is -1.89. The molecule has 0 bridgehead atoms. The Balaban J connectivity index is 1.27. The van der Waals surface area contributed by atoms with E-state index in [0.717, 1.165) is 19.3 Å². The first-order chi connectivity index (χ1) is 21.3. The lowest BCUT2D eigenvalue weighted by Crippen LogP contribution is -2.65. The summed E-state index contributed by atoms with van der Waals surface area (Å²) in [6.45, 7) is 9.15. The minimum Gasteiger partial charge on any atom is -0.455 e. The molecule has 0 aromatic rings. The molecule has 2 fully saturated rings. The van der Waals surface area contributed by atoms with Crippen LogP contribution in [-0.4, -0.2) is 61.7 Å². The van der Waals surface area contributed by atoms with E-state index < -0.39 is 57.8 Å². The number of aliphatic hydroxyl groups excluding tert-OH is 2. The molecule has 7 nitrogen and oxygen atoms in total. The number of fused-ring (bicyclic) bond motifs is 5. The number of Topliss-reactive ketones (excluding diaryl/α,β-unsaturated/α-hetero) is 1. The molecule has 4 rings (SSSR count). The average Bonchev–Trinajstić information content (AvgIpc) is 3.43. The van der Waals surface area contributed by atoms with Gasteiger partial charge < -0.3 is 25.2 Å². The van der Waals surface area contributed by atoms with Crippen LogP contribution in [0.25, 0.3) is 0 Å². The monoisotopic (exact) mass is 630 g/mol. The van der Waals surface area contributed by atoms with Gasteiger partial charge in [-0.2, -0.15) is 0 Å².